The van der Waals surface area contributed by atoms with Gasteiger partial charge < -0.3 is 10.0 Å². The van der Waals surface area contributed by atoms with Crippen LogP contribution < -0.4 is 4.90 Å². The van der Waals surface area contributed by atoms with Gasteiger partial charge in [-0.05, 0) is 59.9 Å². The van der Waals surface area contributed by atoms with Gasteiger partial charge in [0.1, 0.15) is 0 Å². The number of amides is 1. The van der Waals surface area contributed by atoms with Crippen LogP contribution in [0.2, 0.25) is 0 Å². The number of piperidine rings is 3. The molecule has 19 heavy (non-hydrogen) atoms. The van der Waals surface area contributed by atoms with Crippen LogP contribution >= 0.6 is 15.9 Å². The number of halogens is 1. The van der Waals surface area contributed by atoms with Gasteiger partial charge in [-0.25, -0.2) is 4.79 Å². The lowest BCUT2D eigenvalue weighted by Crippen LogP contribution is -2.58. The summed E-state index contributed by atoms with van der Waals surface area (Å²) in [6.07, 6.45) is 1.36. The maximum Gasteiger partial charge on any atom is 0.412 e. The number of benzene rings is 1. The zero-order chi connectivity index (χ0) is 13.4. The summed E-state index contributed by atoms with van der Waals surface area (Å²) in [6, 6.07) is 7.64. The third-order valence-electron chi connectivity index (χ3n) is 4.27. The van der Waals surface area contributed by atoms with E-state index >= 15 is 0 Å². The van der Waals surface area contributed by atoms with E-state index in [-0.39, 0.29) is 6.04 Å². The molecule has 1 aromatic carbocycles. The SMILES string of the molecule is O=C(O)N(c1ccccc1Br)C1CN2CCC1CC2. The van der Waals surface area contributed by atoms with Crippen molar-refractivity contribution in [2.75, 3.05) is 24.5 Å². The van der Waals surface area contributed by atoms with Crippen molar-refractivity contribution in [1.29, 1.82) is 0 Å². The first-order valence-corrected chi connectivity index (χ1v) is 7.45. The molecule has 0 aromatic heterocycles. The Hall–Kier alpha value is -1.07. The molecule has 3 heterocycles. The lowest BCUT2D eigenvalue weighted by atomic mass is 9.83. The first-order chi connectivity index (χ1) is 9.16. The first-order valence-electron chi connectivity index (χ1n) is 6.66. The van der Waals surface area contributed by atoms with E-state index in [9.17, 15) is 9.90 Å². The van der Waals surface area contributed by atoms with Crippen LogP contribution in [0.3, 0.4) is 0 Å². The molecule has 1 N–H and O–H groups in total. The monoisotopic (exact) mass is 324 g/mol. The molecular weight excluding hydrogens is 308 g/mol. The molecule has 0 saturated carbocycles. The molecule has 1 atom stereocenters. The summed E-state index contributed by atoms with van der Waals surface area (Å²) in [7, 11) is 0. The van der Waals surface area contributed by atoms with Crippen LogP contribution in [-0.4, -0.2) is 41.8 Å². The average molecular weight is 325 g/mol. The molecule has 1 unspecified atom stereocenters. The van der Waals surface area contributed by atoms with Gasteiger partial charge in [0.05, 0.1) is 11.7 Å². The lowest BCUT2D eigenvalue weighted by Gasteiger charge is -2.48. The van der Waals surface area contributed by atoms with Crippen LogP contribution in [0, 0.1) is 5.92 Å². The fourth-order valence-electron chi connectivity index (χ4n) is 3.30. The van der Waals surface area contributed by atoms with Crippen LogP contribution in [0.4, 0.5) is 10.5 Å². The first kappa shape index (κ1) is 12.9. The molecule has 2 bridgehead atoms. The Morgan fingerprint density at radius 1 is 1.32 bits per heavy atom. The second kappa shape index (κ2) is 5.13. The van der Waals surface area contributed by atoms with E-state index in [0.717, 1.165) is 42.6 Å². The molecule has 3 saturated heterocycles. The summed E-state index contributed by atoms with van der Waals surface area (Å²) in [5.41, 5.74) is 0.758. The molecule has 4 rings (SSSR count). The van der Waals surface area contributed by atoms with Gasteiger partial charge in [0.15, 0.2) is 0 Å². The van der Waals surface area contributed by atoms with E-state index in [4.69, 9.17) is 0 Å². The van der Waals surface area contributed by atoms with E-state index in [1.807, 2.05) is 24.3 Å². The molecule has 0 radical (unpaired) electrons. The fourth-order valence-corrected chi connectivity index (χ4v) is 3.77. The number of para-hydroxylation sites is 1. The minimum atomic E-state index is -0.856. The minimum Gasteiger partial charge on any atom is -0.465 e. The van der Waals surface area contributed by atoms with E-state index in [1.54, 1.807) is 4.90 Å². The van der Waals surface area contributed by atoms with Gasteiger partial charge in [-0.15, -0.1) is 0 Å². The summed E-state index contributed by atoms with van der Waals surface area (Å²) >= 11 is 3.47. The summed E-state index contributed by atoms with van der Waals surface area (Å²) in [4.78, 5) is 15.6. The number of carbonyl (C=O) groups is 1. The lowest BCUT2D eigenvalue weighted by molar-refractivity contribution is 0.0837. The van der Waals surface area contributed by atoms with Gasteiger partial charge in [0.25, 0.3) is 0 Å². The third-order valence-corrected chi connectivity index (χ3v) is 4.94. The van der Waals surface area contributed by atoms with Gasteiger partial charge in [-0.1, -0.05) is 12.1 Å². The molecule has 4 nitrogen and oxygen atoms in total. The largest absolute Gasteiger partial charge is 0.465 e. The van der Waals surface area contributed by atoms with Crippen molar-refractivity contribution < 1.29 is 9.90 Å². The quantitative estimate of drug-likeness (QED) is 0.909. The van der Waals surface area contributed by atoms with Gasteiger partial charge in [0, 0.05) is 11.0 Å². The highest BCUT2D eigenvalue weighted by atomic mass is 79.9. The van der Waals surface area contributed by atoms with E-state index in [1.165, 1.54) is 0 Å². The molecule has 1 amide bonds. The zero-order valence-electron chi connectivity index (χ0n) is 10.6. The van der Waals surface area contributed by atoms with Crippen molar-refractivity contribution in [2.45, 2.75) is 18.9 Å². The molecule has 1 aromatic rings. The van der Waals surface area contributed by atoms with Crippen LogP contribution in [0.1, 0.15) is 12.8 Å². The van der Waals surface area contributed by atoms with Crippen molar-refractivity contribution in [3.63, 3.8) is 0 Å². The summed E-state index contributed by atoms with van der Waals surface area (Å²) in [5, 5.41) is 9.62. The van der Waals surface area contributed by atoms with Crippen LogP contribution in [-0.2, 0) is 0 Å². The summed E-state index contributed by atoms with van der Waals surface area (Å²) in [6.45, 7) is 3.09. The average Bonchev–Trinajstić information content (AvgIpc) is 2.42. The Morgan fingerprint density at radius 3 is 2.53 bits per heavy atom. The molecule has 0 spiro atoms. The highest BCUT2D eigenvalue weighted by Gasteiger charge is 2.40. The van der Waals surface area contributed by atoms with Crippen molar-refractivity contribution in [2.24, 2.45) is 5.92 Å². The van der Waals surface area contributed by atoms with Gasteiger partial charge in [-0.2, -0.15) is 0 Å². The van der Waals surface area contributed by atoms with Gasteiger partial charge >= 0.3 is 6.09 Å². The molecule has 3 aliphatic rings. The van der Waals surface area contributed by atoms with Crippen LogP contribution in [0.15, 0.2) is 28.7 Å². The van der Waals surface area contributed by atoms with Crippen molar-refractivity contribution >= 4 is 27.7 Å². The Bertz CT molecular complexity index is 486. The minimum absolute atomic E-state index is 0.0821. The highest BCUT2D eigenvalue weighted by molar-refractivity contribution is 9.10. The van der Waals surface area contributed by atoms with Crippen LogP contribution in [0.5, 0.6) is 0 Å². The standard InChI is InChI=1S/C14H17BrN2O2/c15-11-3-1-2-4-12(11)17(14(18)19)13-9-16-7-5-10(13)6-8-16/h1-4,10,13H,5-9H2,(H,18,19). The molecule has 0 aliphatic carbocycles. The number of anilines is 1. The number of fused-ring (bicyclic) bond motifs is 3. The second-order valence-corrected chi connectivity index (χ2v) is 6.16. The summed E-state index contributed by atoms with van der Waals surface area (Å²) < 4.78 is 0.842. The van der Waals surface area contributed by atoms with Crippen molar-refractivity contribution in [3.8, 4) is 0 Å². The Balaban J connectivity index is 1.94. The smallest absolute Gasteiger partial charge is 0.412 e. The number of carboxylic acid groups (broad SMARTS) is 1. The van der Waals surface area contributed by atoms with Crippen LogP contribution in [0.25, 0.3) is 0 Å². The third kappa shape index (κ3) is 2.37. The Labute approximate surface area is 121 Å². The van der Waals surface area contributed by atoms with E-state index in [2.05, 4.69) is 20.8 Å². The number of hydrogen-bond donors (Lipinski definition) is 1. The highest BCUT2D eigenvalue weighted by Crippen LogP contribution is 2.36. The molecular formula is C14H17BrN2O2. The zero-order valence-corrected chi connectivity index (χ0v) is 12.2. The predicted molar refractivity (Wildman–Crippen MR) is 77.6 cm³/mol. The predicted octanol–water partition coefficient (Wildman–Crippen LogP) is 3.03. The Morgan fingerprint density at radius 2 is 2.00 bits per heavy atom. The number of nitrogens with zero attached hydrogens (tertiary/aromatic N) is 2. The van der Waals surface area contributed by atoms with Gasteiger partial charge in [0.2, 0.25) is 0 Å². The topological polar surface area (TPSA) is 43.8 Å². The van der Waals surface area contributed by atoms with E-state index in [0.29, 0.717) is 5.92 Å². The molecule has 3 fully saturated rings. The second-order valence-electron chi connectivity index (χ2n) is 5.31. The summed E-state index contributed by atoms with van der Waals surface area (Å²) in [5.74, 6) is 0.494. The van der Waals surface area contributed by atoms with Crippen molar-refractivity contribution in [3.05, 3.63) is 28.7 Å². The van der Waals surface area contributed by atoms with Gasteiger partial charge in [-0.3, -0.25) is 4.90 Å². The maximum absolute atomic E-state index is 11.7. The normalized spacial score (nSPS) is 29.2. The van der Waals surface area contributed by atoms with E-state index < -0.39 is 6.09 Å². The van der Waals surface area contributed by atoms with Crippen molar-refractivity contribution in [1.82, 2.24) is 4.90 Å². The maximum atomic E-state index is 11.7. The number of rotatable bonds is 2. The molecule has 102 valence electrons. The fraction of sp³-hybridized carbons (Fsp3) is 0.500. The molecule has 5 heteroatoms. The number of hydrogen-bond acceptors (Lipinski definition) is 2. The Kier molecular flexibility index (Phi) is 3.50. The molecule has 3 aliphatic heterocycles.